The number of pyridine rings is 2. The van der Waals surface area contributed by atoms with Gasteiger partial charge in [0.25, 0.3) is 35.4 Å². The number of anilines is 3. The van der Waals surface area contributed by atoms with Crippen LogP contribution in [0.15, 0.2) is 164 Å². The SMILES string of the molecule is COc1ccc(C(=O)Nc2cnccc2C(=O)NCCN2CCOCC2)cc1.COc1ccc(C(=O)Nc2cnccc2C(=O)NCCc2ccccc2)cc1.COc1cccc(C(=O)Nc2ccccc2C(=O)NCCN2CCN(C)CC2)c1. The van der Waals surface area contributed by atoms with E-state index >= 15 is 0 Å². The minimum Gasteiger partial charge on any atom is -0.497 e. The zero-order chi connectivity index (χ0) is 60.2. The lowest BCUT2D eigenvalue weighted by Crippen LogP contribution is -2.46. The van der Waals surface area contributed by atoms with Crippen LogP contribution in [0.1, 0.15) is 67.7 Å². The second-order valence-electron chi connectivity index (χ2n) is 19.5. The highest BCUT2D eigenvalue weighted by Gasteiger charge is 2.20. The molecule has 5 aromatic carbocycles. The molecular weight excluding hydrogens is 1080 g/mol. The minimum atomic E-state index is -0.325. The summed E-state index contributed by atoms with van der Waals surface area (Å²) in [6.07, 6.45) is 6.71. The van der Waals surface area contributed by atoms with Gasteiger partial charge in [-0.3, -0.25) is 48.5 Å². The van der Waals surface area contributed by atoms with Gasteiger partial charge in [-0.1, -0.05) is 48.5 Å². The molecule has 0 spiro atoms. The number of hydrogen-bond donors (Lipinski definition) is 6. The number of ether oxygens (including phenoxy) is 4. The number of carbonyl (C=O) groups excluding carboxylic acids is 6. The monoisotopic (exact) mass is 1160 g/mol. The van der Waals surface area contributed by atoms with Crippen LogP contribution in [0.4, 0.5) is 17.1 Å². The number of amides is 6. The Bertz CT molecular complexity index is 3280. The van der Waals surface area contributed by atoms with E-state index in [1.54, 1.807) is 131 Å². The normalized spacial score (nSPS) is 13.2. The van der Waals surface area contributed by atoms with Crippen molar-refractivity contribution in [1.82, 2.24) is 40.6 Å². The van der Waals surface area contributed by atoms with Crippen molar-refractivity contribution < 1.29 is 47.7 Å². The molecule has 4 heterocycles. The van der Waals surface area contributed by atoms with Gasteiger partial charge >= 0.3 is 0 Å². The molecule has 0 aliphatic carbocycles. The standard InChI is InChI=1S/C22H28N4O3.C22H21N3O3.C20H24N4O4/c1-25-12-14-26(15-13-25)11-10-23-22(28)19-8-3-4-9-20(19)24-21(27)17-6-5-7-18(16-17)29-2;1-28-18-9-7-17(8-10-18)21(26)25-20-15-23-13-12-19(20)22(27)24-14-11-16-5-3-2-4-6-16;1-27-16-4-2-15(3-5-16)19(25)23-18-14-21-7-6-17(18)20(26)22-8-9-24-10-12-28-13-11-24/h3-9,16H,10-15H2,1-2H3,(H,23,28)(H,24,27);2-10,12-13,15H,11,14H2,1H3,(H,24,27)(H,25,26);2-7,14H,8-13H2,1H3,(H,22,26)(H,23,25). The lowest BCUT2D eigenvalue weighted by molar-refractivity contribution is 0.0383. The van der Waals surface area contributed by atoms with Gasteiger partial charge < -0.3 is 55.7 Å². The average molecular weight is 1160 g/mol. The summed E-state index contributed by atoms with van der Waals surface area (Å²) in [5.41, 5.74) is 4.93. The Kier molecular flexibility index (Phi) is 24.9. The first-order valence-electron chi connectivity index (χ1n) is 27.8. The summed E-state index contributed by atoms with van der Waals surface area (Å²) >= 11 is 0. The van der Waals surface area contributed by atoms with Crippen molar-refractivity contribution in [3.8, 4) is 17.2 Å². The third kappa shape index (κ3) is 20.1. The number of methoxy groups -OCH3 is 3. The van der Waals surface area contributed by atoms with E-state index in [0.29, 0.717) is 87.3 Å². The van der Waals surface area contributed by atoms with Gasteiger partial charge in [-0.25, -0.2) is 0 Å². The lowest BCUT2D eigenvalue weighted by Gasteiger charge is -2.32. The van der Waals surface area contributed by atoms with Crippen LogP contribution in [0.2, 0.25) is 0 Å². The quantitative estimate of drug-likeness (QED) is 0.0441. The van der Waals surface area contributed by atoms with Crippen LogP contribution in [-0.4, -0.2) is 174 Å². The molecule has 2 aromatic heterocycles. The number of aromatic nitrogens is 2. The van der Waals surface area contributed by atoms with Gasteiger partial charge in [0.2, 0.25) is 0 Å². The highest BCUT2D eigenvalue weighted by molar-refractivity contribution is 6.11. The second-order valence-corrected chi connectivity index (χ2v) is 19.5. The van der Waals surface area contributed by atoms with Crippen molar-refractivity contribution in [1.29, 1.82) is 0 Å². The van der Waals surface area contributed by atoms with Gasteiger partial charge in [-0.05, 0) is 110 Å². The maximum absolute atomic E-state index is 12.7. The van der Waals surface area contributed by atoms with Gasteiger partial charge in [0.1, 0.15) is 17.2 Å². The summed E-state index contributed by atoms with van der Waals surface area (Å²) in [4.78, 5) is 90.2. The number of nitrogens with one attached hydrogen (secondary N) is 6. The summed E-state index contributed by atoms with van der Waals surface area (Å²) in [7, 11) is 6.80. The number of rotatable bonds is 21. The van der Waals surface area contributed by atoms with Gasteiger partial charge in [-0.2, -0.15) is 0 Å². The smallest absolute Gasteiger partial charge is 0.255 e. The van der Waals surface area contributed by atoms with E-state index in [1.165, 1.54) is 24.8 Å². The summed E-state index contributed by atoms with van der Waals surface area (Å²) < 4.78 is 20.7. The van der Waals surface area contributed by atoms with E-state index in [-0.39, 0.29) is 35.4 Å². The van der Waals surface area contributed by atoms with Gasteiger partial charge in [0.05, 0.1) is 80.7 Å². The van der Waals surface area contributed by atoms with Crippen LogP contribution in [0.3, 0.4) is 0 Å². The maximum atomic E-state index is 12.7. The van der Waals surface area contributed by atoms with Crippen molar-refractivity contribution >= 4 is 52.5 Å². The Morgan fingerprint density at radius 2 is 0.906 bits per heavy atom. The zero-order valence-corrected chi connectivity index (χ0v) is 48.3. The molecule has 0 bridgehead atoms. The topological polar surface area (TPSA) is 247 Å². The molecule has 21 heteroatoms. The summed E-state index contributed by atoms with van der Waals surface area (Å²) in [5.74, 6) is 0.292. The Balaban J connectivity index is 0.000000183. The van der Waals surface area contributed by atoms with E-state index in [4.69, 9.17) is 18.9 Å². The van der Waals surface area contributed by atoms with E-state index < -0.39 is 0 Å². The molecule has 0 saturated carbocycles. The molecule has 21 nitrogen and oxygen atoms in total. The Morgan fingerprint density at radius 1 is 0.447 bits per heavy atom. The third-order valence-electron chi connectivity index (χ3n) is 13.8. The van der Waals surface area contributed by atoms with Crippen LogP contribution in [0.25, 0.3) is 0 Å². The molecule has 0 atom stereocenters. The predicted octanol–water partition coefficient (Wildman–Crippen LogP) is 6.64. The number of benzene rings is 5. The molecule has 2 fully saturated rings. The van der Waals surface area contributed by atoms with Crippen LogP contribution < -0.4 is 46.1 Å². The zero-order valence-electron chi connectivity index (χ0n) is 48.3. The van der Waals surface area contributed by atoms with Crippen molar-refractivity contribution in [3.63, 3.8) is 0 Å². The van der Waals surface area contributed by atoms with Crippen molar-refractivity contribution in [2.45, 2.75) is 6.42 Å². The van der Waals surface area contributed by atoms with E-state index in [9.17, 15) is 28.8 Å². The van der Waals surface area contributed by atoms with Crippen molar-refractivity contribution in [3.05, 3.63) is 203 Å². The highest BCUT2D eigenvalue weighted by Crippen LogP contribution is 2.21. The number of likely N-dealkylation sites (N-methyl/N-ethyl adjacent to an activating group) is 1. The minimum absolute atomic E-state index is 0.194. The first-order chi connectivity index (χ1) is 41.4. The molecule has 0 radical (unpaired) electrons. The molecule has 6 N–H and O–H groups in total. The summed E-state index contributed by atoms with van der Waals surface area (Å²) in [5, 5.41) is 17.1. The molecule has 2 saturated heterocycles. The molecule has 6 amide bonds. The molecular formula is C64H73N11O10. The fraction of sp³-hybridized carbons (Fsp3) is 0.281. The van der Waals surface area contributed by atoms with Crippen LogP contribution in [0, 0.1) is 0 Å². The van der Waals surface area contributed by atoms with Crippen molar-refractivity contribution in [2.24, 2.45) is 0 Å². The van der Waals surface area contributed by atoms with Gasteiger partial charge in [-0.15, -0.1) is 0 Å². The van der Waals surface area contributed by atoms with Crippen LogP contribution in [-0.2, 0) is 11.2 Å². The number of nitrogens with zero attached hydrogens (tertiary/aromatic N) is 5. The molecule has 0 unspecified atom stereocenters. The Morgan fingerprint density at radius 3 is 1.44 bits per heavy atom. The molecule has 9 rings (SSSR count). The van der Waals surface area contributed by atoms with Gasteiger partial charge in [0.15, 0.2) is 0 Å². The Labute approximate surface area is 495 Å². The molecule has 7 aromatic rings. The van der Waals surface area contributed by atoms with Crippen LogP contribution in [0.5, 0.6) is 17.2 Å². The lowest BCUT2D eigenvalue weighted by atomic mass is 10.1. The third-order valence-corrected chi connectivity index (χ3v) is 13.8. The van der Waals surface area contributed by atoms with E-state index in [0.717, 1.165) is 77.6 Å². The van der Waals surface area contributed by atoms with E-state index in [1.807, 2.05) is 30.3 Å². The maximum Gasteiger partial charge on any atom is 0.255 e. The van der Waals surface area contributed by atoms with Crippen LogP contribution >= 0.6 is 0 Å². The number of piperazine rings is 1. The number of para-hydroxylation sites is 1. The number of morpholine rings is 1. The average Bonchev–Trinajstić information content (AvgIpc) is 3.70. The Hall–Kier alpha value is -9.54. The summed E-state index contributed by atoms with van der Waals surface area (Å²) in [6.45, 7) is 10.5. The van der Waals surface area contributed by atoms with Crippen molar-refractivity contribution in [2.75, 3.05) is 130 Å². The van der Waals surface area contributed by atoms with Gasteiger partial charge in [0, 0.05) is 101 Å². The number of hydrogen-bond acceptors (Lipinski definition) is 15. The highest BCUT2D eigenvalue weighted by atomic mass is 16.5. The largest absolute Gasteiger partial charge is 0.497 e. The molecule has 2 aliphatic heterocycles. The molecule has 85 heavy (non-hydrogen) atoms. The molecule has 2 aliphatic rings. The second kappa shape index (κ2) is 33.5. The fourth-order valence-electron chi connectivity index (χ4n) is 8.81. The summed E-state index contributed by atoms with van der Waals surface area (Å²) in [6, 6.07) is 40.5. The predicted molar refractivity (Wildman–Crippen MR) is 326 cm³/mol. The van der Waals surface area contributed by atoms with E-state index in [2.05, 4.69) is 63.6 Å². The molecule has 444 valence electrons. The number of carbonyl (C=O) groups is 6. The first kappa shape index (κ1) is 63.0. The first-order valence-corrected chi connectivity index (χ1v) is 27.8. The fourth-order valence-corrected chi connectivity index (χ4v) is 8.81.